The minimum Gasteiger partial charge on any atom is -0.430 e. The van der Waals surface area contributed by atoms with Gasteiger partial charge in [0.2, 0.25) is 0 Å². The first kappa shape index (κ1) is 16.3. The Morgan fingerprint density at radius 3 is 2.64 bits per heavy atom. The van der Waals surface area contributed by atoms with Gasteiger partial charge in [0.05, 0.1) is 5.02 Å². The highest BCUT2D eigenvalue weighted by Crippen LogP contribution is 2.36. The largest absolute Gasteiger partial charge is 0.430 e. The molecule has 0 saturated heterocycles. The van der Waals surface area contributed by atoms with Gasteiger partial charge in [-0.05, 0) is 42.3 Å². The van der Waals surface area contributed by atoms with E-state index in [-0.39, 0.29) is 0 Å². The van der Waals surface area contributed by atoms with Crippen LogP contribution in [0.2, 0.25) is 20.1 Å². The van der Waals surface area contributed by atoms with Crippen LogP contribution in [0.1, 0.15) is 11.1 Å². The molecule has 1 heterocycles. The molecule has 0 N–H and O–H groups in total. The number of oxazole rings is 1. The van der Waals surface area contributed by atoms with Crippen LogP contribution in [0.4, 0.5) is 0 Å². The Morgan fingerprint density at radius 2 is 1.86 bits per heavy atom. The minimum absolute atomic E-state index is 0.489. The molecular weight excluding hydrogens is 384 g/mol. The summed E-state index contributed by atoms with van der Waals surface area (Å²) in [6.45, 7) is 1.84. The van der Waals surface area contributed by atoms with Gasteiger partial charge in [0.1, 0.15) is 5.52 Å². The van der Waals surface area contributed by atoms with Gasteiger partial charge in [-0.25, -0.2) is 4.98 Å². The normalized spacial score (nSPS) is 11.3. The maximum absolute atomic E-state index is 6.24. The molecule has 3 aromatic rings. The van der Waals surface area contributed by atoms with Crippen molar-refractivity contribution >= 4 is 69.3 Å². The van der Waals surface area contributed by atoms with Crippen LogP contribution in [-0.4, -0.2) is 4.98 Å². The molecule has 7 heteroatoms. The zero-order chi connectivity index (χ0) is 15.9. The van der Waals surface area contributed by atoms with Crippen molar-refractivity contribution in [3.63, 3.8) is 0 Å². The molecule has 0 amide bonds. The van der Waals surface area contributed by atoms with Gasteiger partial charge in [0.15, 0.2) is 5.58 Å². The minimum atomic E-state index is 0.489. The zero-order valence-electron chi connectivity index (χ0n) is 11.3. The van der Waals surface area contributed by atoms with Gasteiger partial charge in [0.25, 0.3) is 5.22 Å². The van der Waals surface area contributed by atoms with Crippen molar-refractivity contribution in [2.45, 2.75) is 17.9 Å². The highest BCUT2D eigenvalue weighted by atomic mass is 35.5. The molecule has 0 aliphatic carbocycles. The molecule has 114 valence electrons. The van der Waals surface area contributed by atoms with E-state index < -0.39 is 0 Å². The SMILES string of the molecule is Cc1c(Cl)cc2nc(SCc3cc(Cl)ccc3Cl)oc2c1Cl. The lowest BCUT2D eigenvalue weighted by molar-refractivity contribution is 0.489. The lowest BCUT2D eigenvalue weighted by Crippen LogP contribution is -1.83. The van der Waals surface area contributed by atoms with Crippen LogP contribution in [0.5, 0.6) is 0 Å². The summed E-state index contributed by atoms with van der Waals surface area (Å²) in [6.07, 6.45) is 0. The third-order valence-corrected chi connectivity index (χ3v) is 5.47. The predicted molar refractivity (Wildman–Crippen MR) is 94.8 cm³/mol. The molecule has 22 heavy (non-hydrogen) atoms. The van der Waals surface area contributed by atoms with E-state index in [1.165, 1.54) is 11.8 Å². The first-order chi connectivity index (χ1) is 10.5. The Kier molecular flexibility index (Phi) is 4.81. The summed E-state index contributed by atoms with van der Waals surface area (Å²) in [5, 5.41) is 2.87. The number of nitrogens with zero attached hydrogens (tertiary/aromatic N) is 1. The van der Waals surface area contributed by atoms with E-state index in [0.717, 1.165) is 11.1 Å². The molecule has 0 atom stereocenters. The topological polar surface area (TPSA) is 26.0 Å². The number of benzene rings is 2. The number of hydrogen-bond donors (Lipinski definition) is 0. The van der Waals surface area contributed by atoms with Crippen LogP contribution in [-0.2, 0) is 5.75 Å². The molecule has 0 aliphatic heterocycles. The van der Waals surface area contributed by atoms with Crippen LogP contribution in [0.25, 0.3) is 11.1 Å². The third-order valence-electron chi connectivity index (χ3n) is 3.14. The molecular formula is C15H9Cl4NOS. The average molecular weight is 393 g/mol. The van der Waals surface area contributed by atoms with Crippen molar-refractivity contribution in [2.75, 3.05) is 0 Å². The second kappa shape index (κ2) is 6.50. The smallest absolute Gasteiger partial charge is 0.257 e. The van der Waals surface area contributed by atoms with Crippen LogP contribution < -0.4 is 0 Å². The summed E-state index contributed by atoms with van der Waals surface area (Å²) >= 11 is 25.9. The summed E-state index contributed by atoms with van der Waals surface area (Å²) in [4.78, 5) is 4.39. The summed E-state index contributed by atoms with van der Waals surface area (Å²) < 4.78 is 5.71. The second-order valence-corrected chi connectivity index (χ2v) is 7.21. The van der Waals surface area contributed by atoms with E-state index in [9.17, 15) is 0 Å². The summed E-state index contributed by atoms with van der Waals surface area (Å²) in [5.41, 5.74) is 2.88. The maximum Gasteiger partial charge on any atom is 0.257 e. The van der Waals surface area contributed by atoms with E-state index in [2.05, 4.69) is 4.98 Å². The predicted octanol–water partition coefficient (Wildman–Crippen LogP) is 7.04. The molecule has 0 bridgehead atoms. The zero-order valence-corrected chi connectivity index (χ0v) is 15.1. The number of halogens is 4. The molecule has 2 aromatic carbocycles. The van der Waals surface area contributed by atoms with Crippen LogP contribution in [0, 0.1) is 6.92 Å². The lowest BCUT2D eigenvalue weighted by atomic mass is 10.2. The Balaban J connectivity index is 1.88. The Hall–Kier alpha value is -0.580. The van der Waals surface area contributed by atoms with Gasteiger partial charge >= 0.3 is 0 Å². The summed E-state index contributed by atoms with van der Waals surface area (Å²) in [7, 11) is 0. The highest BCUT2D eigenvalue weighted by molar-refractivity contribution is 7.98. The number of fused-ring (bicyclic) bond motifs is 1. The number of hydrogen-bond acceptors (Lipinski definition) is 3. The average Bonchev–Trinajstić information content (AvgIpc) is 2.89. The van der Waals surface area contributed by atoms with E-state index in [1.54, 1.807) is 18.2 Å². The van der Waals surface area contributed by atoms with Crippen molar-refractivity contribution in [1.82, 2.24) is 4.98 Å². The fourth-order valence-corrected chi connectivity index (χ4v) is 3.69. The quantitative estimate of drug-likeness (QED) is 0.447. The number of rotatable bonds is 3. The monoisotopic (exact) mass is 391 g/mol. The molecule has 1 aromatic heterocycles. The molecule has 0 unspecified atom stereocenters. The van der Waals surface area contributed by atoms with Crippen molar-refractivity contribution in [3.8, 4) is 0 Å². The first-order valence-electron chi connectivity index (χ1n) is 6.27. The molecule has 2 nitrogen and oxygen atoms in total. The Labute approximate surface area is 151 Å². The molecule has 0 radical (unpaired) electrons. The lowest BCUT2D eigenvalue weighted by Gasteiger charge is -2.02. The number of thioether (sulfide) groups is 1. The van der Waals surface area contributed by atoms with Crippen molar-refractivity contribution < 1.29 is 4.42 Å². The van der Waals surface area contributed by atoms with Gasteiger partial charge < -0.3 is 4.42 Å². The molecule has 0 aliphatic rings. The maximum atomic E-state index is 6.24. The summed E-state index contributed by atoms with van der Waals surface area (Å²) in [6, 6.07) is 7.10. The fraction of sp³-hybridized carbons (Fsp3) is 0.133. The second-order valence-electron chi connectivity index (χ2n) is 4.65. The molecule has 0 spiro atoms. The van der Waals surface area contributed by atoms with Crippen molar-refractivity contribution in [1.29, 1.82) is 0 Å². The molecule has 0 fully saturated rings. The Bertz CT molecular complexity index is 862. The fourth-order valence-electron chi connectivity index (χ4n) is 1.93. The third kappa shape index (κ3) is 3.19. The van der Waals surface area contributed by atoms with Crippen molar-refractivity contribution in [3.05, 3.63) is 55.5 Å². The van der Waals surface area contributed by atoms with Gasteiger partial charge in [-0.3, -0.25) is 0 Å². The Morgan fingerprint density at radius 1 is 1.09 bits per heavy atom. The summed E-state index contributed by atoms with van der Waals surface area (Å²) in [5.74, 6) is 0.594. The van der Waals surface area contributed by atoms with Crippen LogP contribution in [0.3, 0.4) is 0 Å². The van der Waals surface area contributed by atoms with Crippen molar-refractivity contribution in [2.24, 2.45) is 0 Å². The van der Waals surface area contributed by atoms with E-state index in [1.807, 2.05) is 13.0 Å². The van der Waals surface area contributed by atoms with Crippen LogP contribution in [0.15, 0.2) is 33.9 Å². The van der Waals surface area contributed by atoms with Gasteiger partial charge in [-0.1, -0.05) is 58.2 Å². The van der Waals surface area contributed by atoms with E-state index >= 15 is 0 Å². The van der Waals surface area contributed by atoms with Gasteiger partial charge in [-0.15, -0.1) is 0 Å². The molecule has 0 saturated carbocycles. The highest BCUT2D eigenvalue weighted by Gasteiger charge is 2.15. The first-order valence-corrected chi connectivity index (χ1v) is 8.77. The molecule has 3 rings (SSSR count). The van der Waals surface area contributed by atoms with Gasteiger partial charge in [0, 0.05) is 20.8 Å². The van der Waals surface area contributed by atoms with Crippen LogP contribution >= 0.6 is 58.2 Å². The van der Waals surface area contributed by atoms with E-state index in [0.29, 0.717) is 42.2 Å². The van der Waals surface area contributed by atoms with E-state index in [4.69, 9.17) is 50.8 Å². The standard InChI is InChI=1S/C15H9Cl4NOS/c1-7-11(18)5-12-14(13(7)19)21-15(20-12)22-6-8-4-9(16)2-3-10(8)17/h2-5H,6H2,1H3. The number of aromatic nitrogens is 1. The van der Waals surface area contributed by atoms with Gasteiger partial charge in [-0.2, -0.15) is 0 Å².